The Bertz CT molecular complexity index is 463. The van der Waals surface area contributed by atoms with E-state index in [0.717, 1.165) is 17.6 Å². The highest BCUT2D eigenvalue weighted by atomic mass is 35.6. The number of nitrogens with one attached hydrogen (secondary N) is 1. The Morgan fingerprint density at radius 1 is 1.21 bits per heavy atom. The summed E-state index contributed by atoms with van der Waals surface area (Å²) < 4.78 is -1.70. The van der Waals surface area contributed by atoms with Crippen molar-refractivity contribution in [2.45, 2.75) is 17.1 Å². The molecule has 0 aliphatic carbocycles. The van der Waals surface area contributed by atoms with Gasteiger partial charge in [0.2, 0.25) is 0 Å². The van der Waals surface area contributed by atoms with Crippen molar-refractivity contribution in [2.24, 2.45) is 5.73 Å². The SMILES string of the molecule is CC/C(=C(Cl)\[NH+]=C(\N)C(Cl)(Cl)Cl)c1ccccc1.[Cl-]. The number of halogens is 5. The Hall–Kier alpha value is -0.120. The smallest absolute Gasteiger partial charge is 0.299 e. The second-order valence-corrected chi connectivity index (χ2v) is 6.21. The van der Waals surface area contributed by atoms with Gasteiger partial charge in [-0.3, -0.25) is 5.73 Å². The van der Waals surface area contributed by atoms with Crippen LogP contribution >= 0.6 is 46.4 Å². The van der Waals surface area contributed by atoms with Gasteiger partial charge in [0, 0.05) is 5.57 Å². The largest absolute Gasteiger partial charge is 1.00 e. The van der Waals surface area contributed by atoms with Crippen LogP contribution in [0.25, 0.3) is 5.57 Å². The maximum atomic E-state index is 6.17. The van der Waals surface area contributed by atoms with Crippen LogP contribution in [0.1, 0.15) is 18.9 Å². The van der Waals surface area contributed by atoms with E-state index in [9.17, 15) is 0 Å². The molecule has 0 aliphatic heterocycles. The van der Waals surface area contributed by atoms with Crippen LogP contribution in [0.5, 0.6) is 0 Å². The standard InChI is InChI=1S/C12H12Cl4N2.ClH/c1-2-9(8-6-4-3-5-7-8)10(13)18-11(17)12(14,15)16;/h3-7H,2H2,1H3,(H2,17,18);1H/b10-9+;. The molecule has 1 aromatic carbocycles. The molecule has 106 valence electrons. The fourth-order valence-corrected chi connectivity index (χ4v) is 1.88. The molecule has 7 heteroatoms. The van der Waals surface area contributed by atoms with E-state index in [0.29, 0.717) is 5.16 Å². The van der Waals surface area contributed by atoms with Crippen molar-refractivity contribution in [3.05, 3.63) is 41.1 Å². The quantitative estimate of drug-likeness (QED) is 0.333. The van der Waals surface area contributed by atoms with E-state index in [2.05, 4.69) is 4.99 Å². The molecule has 1 rings (SSSR count). The predicted octanol–water partition coefficient (Wildman–Crippen LogP) is -0.184. The predicted molar refractivity (Wildman–Crippen MR) is 80.0 cm³/mol. The molecule has 3 N–H and O–H groups in total. The van der Waals surface area contributed by atoms with Gasteiger partial charge in [-0.05, 0) is 23.6 Å². The zero-order valence-corrected chi connectivity index (χ0v) is 13.8. The number of allylic oxidation sites excluding steroid dienone is 1. The number of amidine groups is 1. The molecule has 0 amide bonds. The maximum absolute atomic E-state index is 6.17. The maximum Gasteiger partial charge on any atom is 0.299 e. The van der Waals surface area contributed by atoms with E-state index in [4.69, 9.17) is 52.1 Å². The summed E-state index contributed by atoms with van der Waals surface area (Å²) >= 11 is 23.1. The molecule has 0 bridgehead atoms. The van der Waals surface area contributed by atoms with Crippen LogP contribution in [0.3, 0.4) is 0 Å². The first-order valence-electron chi connectivity index (χ1n) is 5.27. The normalized spacial score (nSPS) is 13.6. The Kier molecular flexibility index (Phi) is 8.18. The summed E-state index contributed by atoms with van der Waals surface area (Å²) in [7, 11) is 0. The molecule has 0 saturated heterocycles. The second kappa shape index (κ2) is 8.23. The summed E-state index contributed by atoms with van der Waals surface area (Å²) in [6.07, 6.45) is 0.725. The lowest BCUT2D eigenvalue weighted by atomic mass is 10.1. The molecule has 0 aliphatic rings. The summed E-state index contributed by atoms with van der Waals surface area (Å²) in [6.45, 7) is 1.98. The van der Waals surface area contributed by atoms with Gasteiger partial charge in [0.05, 0.1) is 0 Å². The Morgan fingerprint density at radius 3 is 2.16 bits per heavy atom. The lowest BCUT2D eigenvalue weighted by Crippen LogP contribution is -3.00. The van der Waals surface area contributed by atoms with Gasteiger partial charge in [0.15, 0.2) is 5.16 Å². The van der Waals surface area contributed by atoms with Crippen molar-refractivity contribution < 1.29 is 17.4 Å². The first-order chi connectivity index (χ1) is 8.36. The zero-order chi connectivity index (χ0) is 13.8. The van der Waals surface area contributed by atoms with Gasteiger partial charge in [0.1, 0.15) is 0 Å². The lowest BCUT2D eigenvalue weighted by molar-refractivity contribution is -0.384. The van der Waals surface area contributed by atoms with Crippen LogP contribution in [0.15, 0.2) is 35.5 Å². The minimum Gasteiger partial charge on any atom is -1.00 e. The molecule has 0 unspecified atom stereocenters. The Balaban J connectivity index is 0.00000324. The van der Waals surface area contributed by atoms with Crippen LogP contribution < -0.4 is 23.1 Å². The van der Waals surface area contributed by atoms with E-state index in [-0.39, 0.29) is 18.2 Å². The Labute approximate surface area is 139 Å². The fourth-order valence-electron chi connectivity index (χ4n) is 1.39. The van der Waals surface area contributed by atoms with E-state index in [1.807, 2.05) is 37.3 Å². The van der Waals surface area contributed by atoms with Crippen molar-refractivity contribution in [1.29, 1.82) is 0 Å². The molecule has 0 saturated carbocycles. The highest BCUT2D eigenvalue weighted by Crippen LogP contribution is 2.24. The van der Waals surface area contributed by atoms with Gasteiger partial charge in [-0.1, -0.05) is 72.1 Å². The molecule has 1 aromatic rings. The van der Waals surface area contributed by atoms with E-state index >= 15 is 0 Å². The molecular weight excluding hydrogens is 349 g/mol. The van der Waals surface area contributed by atoms with Crippen LogP contribution in [-0.4, -0.2) is 9.63 Å². The number of rotatable bonds is 3. The second-order valence-electron chi connectivity index (χ2n) is 3.55. The summed E-state index contributed by atoms with van der Waals surface area (Å²) in [5.41, 5.74) is 7.51. The molecular formula is C12H13Cl5N2. The topological polar surface area (TPSA) is 40.0 Å². The minimum absolute atomic E-state index is 0. The van der Waals surface area contributed by atoms with Crippen LogP contribution in [0, 0.1) is 0 Å². The third-order valence-electron chi connectivity index (χ3n) is 2.29. The van der Waals surface area contributed by atoms with Gasteiger partial charge in [0.25, 0.3) is 9.63 Å². The van der Waals surface area contributed by atoms with Crippen LogP contribution in [0.4, 0.5) is 0 Å². The lowest BCUT2D eigenvalue weighted by Gasteiger charge is -2.07. The number of benzene rings is 1. The average molecular weight is 363 g/mol. The third kappa shape index (κ3) is 5.80. The van der Waals surface area contributed by atoms with Crippen molar-refractivity contribution >= 4 is 57.8 Å². The van der Waals surface area contributed by atoms with Gasteiger partial charge in [-0.2, -0.15) is 0 Å². The number of nitrogens with two attached hydrogens (primary N) is 1. The van der Waals surface area contributed by atoms with E-state index in [1.54, 1.807) is 0 Å². The molecule has 0 atom stereocenters. The van der Waals surface area contributed by atoms with E-state index < -0.39 is 3.79 Å². The monoisotopic (exact) mass is 360 g/mol. The van der Waals surface area contributed by atoms with Gasteiger partial charge in [-0.15, -0.1) is 0 Å². The fraction of sp³-hybridized carbons (Fsp3) is 0.250. The summed E-state index contributed by atoms with van der Waals surface area (Å²) in [6, 6.07) is 9.69. The van der Waals surface area contributed by atoms with Crippen LogP contribution in [-0.2, 0) is 0 Å². The molecule has 0 fully saturated rings. The molecule has 0 aromatic heterocycles. The Morgan fingerprint density at radius 2 is 1.74 bits per heavy atom. The number of hydrogen-bond donors (Lipinski definition) is 2. The highest BCUT2D eigenvalue weighted by Gasteiger charge is 2.31. The first-order valence-corrected chi connectivity index (χ1v) is 6.78. The van der Waals surface area contributed by atoms with E-state index in [1.165, 1.54) is 0 Å². The molecule has 0 spiro atoms. The molecule has 0 heterocycles. The van der Waals surface area contributed by atoms with Gasteiger partial charge in [-0.25, -0.2) is 4.99 Å². The van der Waals surface area contributed by atoms with Crippen molar-refractivity contribution in [3.63, 3.8) is 0 Å². The number of alkyl halides is 3. The van der Waals surface area contributed by atoms with Crippen molar-refractivity contribution in [2.75, 3.05) is 0 Å². The highest BCUT2D eigenvalue weighted by molar-refractivity contribution is 6.76. The summed E-state index contributed by atoms with van der Waals surface area (Å²) in [5.74, 6) is -0.0284. The molecule has 2 nitrogen and oxygen atoms in total. The van der Waals surface area contributed by atoms with Crippen molar-refractivity contribution in [1.82, 2.24) is 0 Å². The zero-order valence-electron chi connectivity index (χ0n) is 10.1. The minimum atomic E-state index is -1.70. The molecule has 0 radical (unpaired) electrons. The third-order valence-corrected chi connectivity index (χ3v) is 3.22. The van der Waals surface area contributed by atoms with Crippen LogP contribution in [0.2, 0.25) is 0 Å². The average Bonchev–Trinajstić information content (AvgIpc) is 2.30. The van der Waals surface area contributed by atoms with Gasteiger partial charge < -0.3 is 12.4 Å². The molecule has 19 heavy (non-hydrogen) atoms. The summed E-state index contributed by atoms with van der Waals surface area (Å²) in [4.78, 5) is 2.71. The van der Waals surface area contributed by atoms with Gasteiger partial charge >= 0.3 is 0 Å². The van der Waals surface area contributed by atoms with Crippen molar-refractivity contribution in [3.8, 4) is 0 Å². The first kappa shape index (κ1) is 18.9. The number of hydrogen-bond acceptors (Lipinski definition) is 0. The summed E-state index contributed by atoms with van der Waals surface area (Å²) in [5, 5.41) is 0.354.